The molecule has 0 bridgehead atoms. The molecule has 2 aliphatic heterocycles. The molecule has 20 nitrogen and oxygen atoms in total. The van der Waals surface area contributed by atoms with Gasteiger partial charge in [0.1, 0.15) is 35.3 Å². The van der Waals surface area contributed by atoms with E-state index < -0.39 is 5.97 Å². The third-order valence-corrected chi connectivity index (χ3v) is 10.7. The Hall–Kier alpha value is -2.67. The molecular weight excluding hydrogens is 1080 g/mol. The monoisotopic (exact) mass is 1140 g/mol. The Balaban J connectivity index is 0.000000368. The van der Waals surface area contributed by atoms with Crippen LogP contribution in [0.25, 0.3) is 22.1 Å². The number of hydrogen-bond donors (Lipinski definition) is 5. The van der Waals surface area contributed by atoms with E-state index in [1.807, 2.05) is 24.3 Å². The summed E-state index contributed by atoms with van der Waals surface area (Å²) in [7, 11) is 0. The predicted octanol–water partition coefficient (Wildman–Crippen LogP) is -2.55. The zero-order valence-electron chi connectivity index (χ0n) is 38.2. The molecule has 8 rings (SSSR count). The number of ether oxygens (including phenoxy) is 2. The Labute approximate surface area is 495 Å². The van der Waals surface area contributed by atoms with Gasteiger partial charge < -0.3 is 56.6 Å². The standard InChI is InChI=1S/C20H23N5O3.C18H21N5O3.C4H8O.CH2O3.2Cs.H/c21-7-5-17(26)25-9-1-2-14(11-25)24-18-15-6-8-22-19(15)23-10-16(18)20(27)28-12-13-3-4-13;1-2-26-18(25)14-10-21-17-13(6-8-20-17)16(14)22-12-4-3-9-23(11-12)15(24)5-7-19;5-3-4-1-2-4;2-1-4-3;;;/h6,8,10,13-14H,1-5,9,11-12H2,(H2,22,23,24);6,8,10,12H,2-5,9,11H2,1H3,(H2,20,21,22);4-5H,1-3H2;1,3H;;;/q;;;;2*+1;-1/p-1/t14-;12-;;;;;/m11...../s1. The van der Waals surface area contributed by atoms with E-state index in [1.165, 1.54) is 25.2 Å². The molecule has 4 aromatic rings. The molecule has 2 saturated heterocycles. The number of nitrogens with one attached hydrogen (secondary N) is 4. The minimum Gasteiger partial charge on any atom is -1.00 e. The first kappa shape index (κ1) is 56.7. The number of likely N-dealkylation sites (tertiary alicyclic amines) is 2. The van der Waals surface area contributed by atoms with Crippen LogP contribution < -0.4 is 154 Å². The van der Waals surface area contributed by atoms with Gasteiger partial charge in [0, 0.05) is 80.4 Å². The van der Waals surface area contributed by atoms with E-state index in [0.717, 1.165) is 49.3 Å². The van der Waals surface area contributed by atoms with Gasteiger partial charge in [0.2, 0.25) is 11.8 Å². The van der Waals surface area contributed by atoms with Crippen LogP contribution >= 0.6 is 0 Å². The predicted molar refractivity (Wildman–Crippen MR) is 226 cm³/mol. The average molecular weight is 1140 g/mol. The van der Waals surface area contributed by atoms with Crippen molar-refractivity contribution in [3.8, 4) is 12.1 Å². The molecule has 4 aliphatic rings. The number of aromatic amines is 2. The number of piperidine rings is 2. The van der Waals surface area contributed by atoms with Gasteiger partial charge in [0.25, 0.3) is 6.47 Å². The van der Waals surface area contributed by atoms with Crippen LogP contribution in [0, 0.1) is 34.5 Å². The molecule has 0 aromatic carbocycles. The van der Waals surface area contributed by atoms with Crippen molar-refractivity contribution in [2.45, 2.75) is 83.2 Å². The van der Waals surface area contributed by atoms with Crippen molar-refractivity contribution in [2.75, 3.05) is 56.6 Å². The second-order valence-electron chi connectivity index (χ2n) is 15.5. The minimum absolute atomic E-state index is 0. The van der Waals surface area contributed by atoms with Crippen LogP contribution in [0.5, 0.6) is 0 Å². The number of aromatic nitrogens is 4. The summed E-state index contributed by atoms with van der Waals surface area (Å²) in [4.78, 5) is 78.4. The van der Waals surface area contributed by atoms with Crippen molar-refractivity contribution in [3.63, 3.8) is 0 Å². The Morgan fingerprint density at radius 3 is 1.63 bits per heavy atom. The number of nitriles is 2. The Kier molecular flexibility index (Phi) is 26.1. The van der Waals surface area contributed by atoms with Gasteiger partial charge in [0.05, 0.1) is 36.7 Å². The Morgan fingerprint density at radius 2 is 1.26 bits per heavy atom. The topological polar surface area (TPSA) is 292 Å². The first-order chi connectivity index (χ1) is 30.6. The number of carbonyl (C=O) groups is 5. The summed E-state index contributed by atoms with van der Waals surface area (Å²) >= 11 is 0. The van der Waals surface area contributed by atoms with Gasteiger partial charge in [-0.1, -0.05) is 0 Å². The molecule has 2 atom stereocenters. The number of aliphatic hydroxyl groups excluding tert-OH is 1. The maximum atomic E-state index is 12.6. The van der Waals surface area contributed by atoms with Gasteiger partial charge in [-0.2, -0.15) is 10.5 Å². The fourth-order valence-corrected chi connectivity index (χ4v) is 7.11. The summed E-state index contributed by atoms with van der Waals surface area (Å²) in [6.45, 7) is 5.03. The van der Waals surface area contributed by atoms with Crippen molar-refractivity contribution in [3.05, 3.63) is 48.0 Å². The molecule has 0 unspecified atom stereocenters. The Morgan fingerprint density at radius 1 is 0.815 bits per heavy atom. The molecule has 22 heteroatoms. The first-order valence-corrected chi connectivity index (χ1v) is 21.1. The van der Waals surface area contributed by atoms with Crippen LogP contribution in [0.4, 0.5) is 11.4 Å². The van der Waals surface area contributed by atoms with E-state index in [0.29, 0.717) is 85.0 Å². The van der Waals surface area contributed by atoms with Crippen LogP contribution in [0.2, 0.25) is 0 Å². The Bertz CT molecular complexity index is 2280. The van der Waals surface area contributed by atoms with Crippen LogP contribution in [0.1, 0.15) is 93.3 Å². The normalized spacial score (nSPS) is 17.2. The fourth-order valence-electron chi connectivity index (χ4n) is 7.11. The third kappa shape index (κ3) is 17.7. The smallest absolute Gasteiger partial charge is 1.00 e. The molecule has 4 aromatic heterocycles. The number of aliphatic hydroxyl groups is 1. The first-order valence-electron chi connectivity index (χ1n) is 21.1. The molecule has 6 heterocycles. The average Bonchev–Trinajstić information content (AvgIpc) is 4.22. The number of pyridine rings is 2. The van der Waals surface area contributed by atoms with Crippen molar-refractivity contribution in [2.24, 2.45) is 11.8 Å². The maximum Gasteiger partial charge on any atom is 1.00 e. The number of anilines is 2. The molecule has 65 heavy (non-hydrogen) atoms. The molecular formula is C43H54Cs2N10O10. The SMILES string of the molecule is CCOC(=O)c1cnc2[nH]ccc2c1N[C@@H]1CCCN(C(=O)CC#N)C1.N#CCC(=O)N1CCC[C@@H](Nc2c(C(=O)OCC3CC3)cnc3[nH]ccc23)C1.O=CO[O-].OCC1CC1.[Cs+].[Cs+].[H-]. The minimum atomic E-state index is -0.432. The van der Waals surface area contributed by atoms with Crippen LogP contribution in [-0.2, 0) is 28.7 Å². The third-order valence-electron chi connectivity index (χ3n) is 10.7. The van der Waals surface area contributed by atoms with Crippen molar-refractivity contribution in [1.29, 1.82) is 10.5 Å². The van der Waals surface area contributed by atoms with Crippen LogP contribution in [-0.4, -0.2) is 123 Å². The molecule has 2 aliphatic carbocycles. The molecule has 2 saturated carbocycles. The van der Waals surface area contributed by atoms with E-state index in [4.69, 9.17) is 35.2 Å². The van der Waals surface area contributed by atoms with Crippen molar-refractivity contribution >= 4 is 63.7 Å². The summed E-state index contributed by atoms with van der Waals surface area (Å²) in [5, 5.41) is 42.6. The van der Waals surface area contributed by atoms with E-state index >= 15 is 0 Å². The number of rotatable bonds is 13. The van der Waals surface area contributed by atoms with E-state index in [2.05, 4.69) is 35.5 Å². The van der Waals surface area contributed by atoms with E-state index in [9.17, 15) is 19.2 Å². The quantitative estimate of drug-likeness (QED) is 0.0399. The van der Waals surface area contributed by atoms with Gasteiger partial charge in [0.15, 0.2) is 0 Å². The number of hydrogen-bond acceptors (Lipinski definition) is 16. The number of nitrogens with zero attached hydrogens (tertiary/aromatic N) is 6. The fraction of sp³-hybridized carbons (Fsp3) is 0.512. The number of esters is 2. The van der Waals surface area contributed by atoms with Crippen molar-refractivity contribution < 1.29 is 188 Å². The summed E-state index contributed by atoms with van der Waals surface area (Å²) < 4.78 is 10.6. The van der Waals surface area contributed by atoms with Gasteiger partial charge in [-0.15, -0.1) is 0 Å². The molecule has 4 fully saturated rings. The van der Waals surface area contributed by atoms with Crippen LogP contribution in [0.15, 0.2) is 36.9 Å². The second kappa shape index (κ2) is 30.0. The maximum absolute atomic E-state index is 12.6. The second-order valence-corrected chi connectivity index (χ2v) is 15.5. The summed E-state index contributed by atoms with van der Waals surface area (Å²) in [6, 6.07) is 7.53. The molecule has 2 amide bonds. The molecule has 0 spiro atoms. The molecule has 338 valence electrons. The van der Waals surface area contributed by atoms with Gasteiger partial charge in [-0.25, -0.2) is 19.6 Å². The van der Waals surface area contributed by atoms with Crippen LogP contribution in [0.3, 0.4) is 0 Å². The summed E-state index contributed by atoms with van der Waals surface area (Å²) in [5.74, 6) is 0.0557. The van der Waals surface area contributed by atoms with E-state index in [1.54, 1.807) is 29.1 Å². The zero-order valence-corrected chi connectivity index (χ0v) is 49.7. The van der Waals surface area contributed by atoms with E-state index in [-0.39, 0.29) is 195 Å². The van der Waals surface area contributed by atoms with Gasteiger partial charge >= 0.3 is 150 Å². The number of amides is 2. The van der Waals surface area contributed by atoms with Crippen molar-refractivity contribution in [1.82, 2.24) is 29.7 Å². The number of carbonyl (C=O) groups excluding carboxylic acids is 5. The van der Waals surface area contributed by atoms with Gasteiger partial charge in [-0.3, -0.25) is 14.4 Å². The summed E-state index contributed by atoms with van der Waals surface area (Å²) in [6.07, 6.45) is 14.5. The van der Waals surface area contributed by atoms with Gasteiger partial charge in [-0.05, 0) is 82.3 Å². The molecule has 5 N–H and O–H groups in total. The largest absolute Gasteiger partial charge is 1.00 e. The number of fused-ring (bicyclic) bond motifs is 2. The molecule has 0 radical (unpaired) electrons. The number of H-pyrrole nitrogens is 2. The zero-order chi connectivity index (χ0) is 45.1. The summed E-state index contributed by atoms with van der Waals surface area (Å²) in [5.41, 5.74) is 3.50.